The fourth-order valence-electron chi connectivity index (χ4n) is 6.97. The third kappa shape index (κ3) is 5.68. The molecule has 0 aliphatic heterocycles. The van der Waals surface area contributed by atoms with Crippen LogP contribution in [-0.4, -0.2) is 58.5 Å². The molecule has 3 aliphatic carbocycles. The molecule has 0 radical (unpaired) electrons. The maximum atomic E-state index is 12.5. The van der Waals surface area contributed by atoms with Gasteiger partial charge >= 0.3 is 0 Å². The second kappa shape index (κ2) is 10.7. The van der Waals surface area contributed by atoms with Gasteiger partial charge in [0, 0.05) is 20.5 Å². The normalized spacial score (nSPS) is 36.0. The smallest absolute Gasteiger partial charge is 0.230 e. The van der Waals surface area contributed by atoms with E-state index in [0.717, 1.165) is 36.8 Å². The van der Waals surface area contributed by atoms with E-state index < -0.39 is 23.7 Å². The molecular weight excluding hydrogens is 438 g/mol. The second-order valence-electron chi connectivity index (χ2n) is 12.3. The molecule has 0 heterocycles. The molecule has 7 atom stereocenters. The summed E-state index contributed by atoms with van der Waals surface area (Å²) in [6.07, 6.45) is 13.0. The number of amides is 1. The van der Waals surface area contributed by atoms with Gasteiger partial charge in [0.05, 0.1) is 23.7 Å². The lowest BCUT2D eigenvalue weighted by Gasteiger charge is -2.44. The monoisotopic (exact) mass is 485 g/mol. The summed E-state index contributed by atoms with van der Waals surface area (Å²) in [5.74, 6) is 1.28. The SMILES string of the molecule is C=C1C(=CC=C2CCC[C@]3(C)[C@@H]([C@H](C)C=C[C@@H](O)C(C)(C)C(=O)N(C)C)CC[C@@H]23)C[C@@H](O)C[C@@H]1O. The maximum absolute atomic E-state index is 12.5. The van der Waals surface area contributed by atoms with Crippen molar-refractivity contribution in [3.63, 3.8) is 0 Å². The Kier molecular flexibility index (Phi) is 8.56. The average Bonchev–Trinajstić information content (AvgIpc) is 3.15. The van der Waals surface area contributed by atoms with Crippen molar-refractivity contribution in [1.29, 1.82) is 0 Å². The summed E-state index contributed by atoms with van der Waals surface area (Å²) in [4.78, 5) is 14.0. The quantitative estimate of drug-likeness (QED) is 0.472. The molecule has 0 aromatic heterocycles. The Balaban J connectivity index is 1.74. The Hall–Kier alpha value is -1.69. The van der Waals surface area contributed by atoms with Gasteiger partial charge in [0.1, 0.15) is 0 Å². The first-order chi connectivity index (χ1) is 16.3. The summed E-state index contributed by atoms with van der Waals surface area (Å²) in [6, 6.07) is 0. The van der Waals surface area contributed by atoms with Crippen LogP contribution in [0.25, 0.3) is 0 Å². The highest BCUT2D eigenvalue weighted by atomic mass is 16.3. The van der Waals surface area contributed by atoms with Gasteiger partial charge in [-0.1, -0.05) is 50.3 Å². The Bertz CT molecular complexity index is 898. The topological polar surface area (TPSA) is 81.0 Å². The first kappa shape index (κ1) is 27.9. The van der Waals surface area contributed by atoms with Crippen LogP contribution in [0, 0.1) is 28.6 Å². The van der Waals surface area contributed by atoms with E-state index in [0.29, 0.717) is 30.6 Å². The average molecular weight is 486 g/mol. The molecule has 5 heteroatoms. The van der Waals surface area contributed by atoms with Crippen LogP contribution >= 0.6 is 0 Å². The number of carbonyl (C=O) groups excluding carboxylic acids is 1. The standard InChI is InChI=1S/C30H47NO4/c1-19(10-15-27(34)29(3,4)28(35)31(6)7)24-13-14-25-21(9-8-16-30(24,25)5)11-12-22-17-23(32)18-26(33)20(22)2/h10-12,15,19,23-27,32-34H,2,8-9,13-14,16-18H2,1,3-7H3/t19-,23-,24-,25+,26+,27-,30-/m1/s1. The van der Waals surface area contributed by atoms with Crippen LogP contribution < -0.4 is 0 Å². The summed E-state index contributed by atoms with van der Waals surface area (Å²) < 4.78 is 0. The van der Waals surface area contributed by atoms with Crippen LogP contribution in [0.15, 0.2) is 47.6 Å². The molecule has 3 rings (SSSR count). The van der Waals surface area contributed by atoms with E-state index in [1.54, 1.807) is 32.8 Å². The number of aliphatic hydroxyl groups excluding tert-OH is 3. The van der Waals surface area contributed by atoms with Crippen LogP contribution in [0.5, 0.6) is 0 Å². The lowest BCUT2D eigenvalue weighted by Crippen LogP contribution is -2.43. The highest BCUT2D eigenvalue weighted by molar-refractivity contribution is 5.82. The zero-order chi connectivity index (χ0) is 26.1. The van der Waals surface area contributed by atoms with Crippen LogP contribution in [0.1, 0.15) is 72.6 Å². The molecule has 0 aromatic carbocycles. The lowest BCUT2D eigenvalue weighted by molar-refractivity contribution is -0.142. The number of nitrogens with zero attached hydrogens (tertiary/aromatic N) is 1. The summed E-state index contributed by atoms with van der Waals surface area (Å²) in [6.45, 7) is 12.3. The van der Waals surface area contributed by atoms with Crippen molar-refractivity contribution < 1.29 is 20.1 Å². The molecule has 0 aromatic rings. The number of aliphatic hydroxyl groups is 3. The molecular formula is C30H47NO4. The number of hydrogen-bond donors (Lipinski definition) is 3. The van der Waals surface area contributed by atoms with E-state index in [9.17, 15) is 20.1 Å². The third-order valence-electron chi connectivity index (χ3n) is 9.23. The van der Waals surface area contributed by atoms with Crippen molar-refractivity contribution in [1.82, 2.24) is 4.90 Å². The minimum atomic E-state index is -0.861. The van der Waals surface area contributed by atoms with Gasteiger partial charge < -0.3 is 20.2 Å². The Morgan fingerprint density at radius 3 is 2.54 bits per heavy atom. The van der Waals surface area contributed by atoms with Gasteiger partial charge in [-0.15, -0.1) is 0 Å². The van der Waals surface area contributed by atoms with Crippen molar-refractivity contribution in [3.05, 3.63) is 47.6 Å². The summed E-state index contributed by atoms with van der Waals surface area (Å²) in [7, 11) is 3.45. The van der Waals surface area contributed by atoms with E-state index in [1.807, 2.05) is 6.08 Å². The molecule has 3 aliphatic rings. The molecule has 0 bridgehead atoms. The molecule has 3 N–H and O–H groups in total. The fourth-order valence-corrected chi connectivity index (χ4v) is 6.97. The first-order valence-electron chi connectivity index (χ1n) is 13.3. The van der Waals surface area contributed by atoms with E-state index in [2.05, 4.69) is 38.7 Å². The van der Waals surface area contributed by atoms with E-state index in [4.69, 9.17) is 0 Å². The molecule has 1 amide bonds. The predicted molar refractivity (Wildman–Crippen MR) is 142 cm³/mol. The molecule has 3 saturated carbocycles. The zero-order valence-electron chi connectivity index (χ0n) is 22.6. The minimum Gasteiger partial charge on any atom is -0.393 e. The second-order valence-corrected chi connectivity index (χ2v) is 12.3. The fraction of sp³-hybridized carbons (Fsp3) is 0.700. The van der Waals surface area contributed by atoms with Gasteiger partial charge in [-0.25, -0.2) is 0 Å². The van der Waals surface area contributed by atoms with E-state index in [-0.39, 0.29) is 11.3 Å². The molecule has 0 saturated heterocycles. The van der Waals surface area contributed by atoms with Crippen molar-refractivity contribution in [2.24, 2.45) is 28.6 Å². The molecule has 5 nitrogen and oxygen atoms in total. The highest BCUT2D eigenvalue weighted by Gasteiger charge is 2.50. The van der Waals surface area contributed by atoms with E-state index >= 15 is 0 Å². The van der Waals surface area contributed by atoms with Gasteiger partial charge in [0.2, 0.25) is 5.91 Å². The van der Waals surface area contributed by atoms with Gasteiger partial charge in [-0.2, -0.15) is 0 Å². The molecule has 0 spiro atoms. The molecule has 35 heavy (non-hydrogen) atoms. The van der Waals surface area contributed by atoms with Gasteiger partial charge in [-0.3, -0.25) is 4.79 Å². The van der Waals surface area contributed by atoms with Gasteiger partial charge in [0.25, 0.3) is 0 Å². The number of fused-ring (bicyclic) bond motifs is 1. The molecule has 3 fully saturated rings. The Morgan fingerprint density at radius 2 is 1.89 bits per heavy atom. The van der Waals surface area contributed by atoms with Gasteiger partial charge in [-0.05, 0) is 86.7 Å². The predicted octanol–water partition coefficient (Wildman–Crippen LogP) is 4.80. The molecule has 0 unspecified atom stereocenters. The minimum absolute atomic E-state index is 0.0768. The maximum Gasteiger partial charge on any atom is 0.230 e. The van der Waals surface area contributed by atoms with E-state index in [1.165, 1.54) is 12.0 Å². The van der Waals surface area contributed by atoms with Crippen molar-refractivity contribution in [2.45, 2.75) is 91.0 Å². The van der Waals surface area contributed by atoms with Crippen LogP contribution in [0.3, 0.4) is 0 Å². The lowest BCUT2D eigenvalue weighted by atomic mass is 9.61. The first-order valence-corrected chi connectivity index (χ1v) is 13.3. The third-order valence-corrected chi connectivity index (χ3v) is 9.23. The number of carbonyl (C=O) groups is 1. The summed E-state index contributed by atoms with van der Waals surface area (Å²) in [5.41, 5.74) is 2.52. The Morgan fingerprint density at radius 1 is 1.20 bits per heavy atom. The zero-order valence-corrected chi connectivity index (χ0v) is 22.6. The Labute approximate surface area is 212 Å². The van der Waals surface area contributed by atoms with Crippen molar-refractivity contribution >= 4 is 5.91 Å². The van der Waals surface area contributed by atoms with Crippen LogP contribution in [0.4, 0.5) is 0 Å². The van der Waals surface area contributed by atoms with Crippen LogP contribution in [-0.2, 0) is 4.79 Å². The highest BCUT2D eigenvalue weighted by Crippen LogP contribution is 2.59. The largest absolute Gasteiger partial charge is 0.393 e. The number of rotatable bonds is 6. The summed E-state index contributed by atoms with van der Waals surface area (Å²) in [5, 5.41) is 31.0. The van der Waals surface area contributed by atoms with Gasteiger partial charge in [0.15, 0.2) is 0 Å². The molecule has 196 valence electrons. The van der Waals surface area contributed by atoms with Crippen molar-refractivity contribution in [2.75, 3.05) is 14.1 Å². The summed E-state index contributed by atoms with van der Waals surface area (Å²) >= 11 is 0. The number of allylic oxidation sites excluding steroid dienone is 4. The van der Waals surface area contributed by atoms with Crippen LogP contribution in [0.2, 0.25) is 0 Å². The van der Waals surface area contributed by atoms with Crippen molar-refractivity contribution in [3.8, 4) is 0 Å². The number of hydrogen-bond acceptors (Lipinski definition) is 4.